The van der Waals surface area contributed by atoms with Gasteiger partial charge in [-0.3, -0.25) is 4.79 Å². The number of carbonyl (C=O) groups excluding carboxylic acids is 1. The number of carbonyl (C=O) groups is 1. The molecule has 1 saturated carbocycles. The average Bonchev–Trinajstić information content (AvgIpc) is 3.00. The van der Waals surface area contributed by atoms with Crippen molar-refractivity contribution in [1.29, 1.82) is 0 Å². The third-order valence-corrected chi connectivity index (χ3v) is 5.37. The fraction of sp³-hybridized carbons (Fsp3) is 0.471. The number of ketones is 1. The van der Waals surface area contributed by atoms with Gasteiger partial charge in [-0.1, -0.05) is 23.8 Å². The number of hydrogen-bond acceptors (Lipinski definition) is 2. The van der Waals surface area contributed by atoms with E-state index in [1.807, 2.05) is 12.1 Å². The summed E-state index contributed by atoms with van der Waals surface area (Å²) in [6.45, 7) is 0. The van der Waals surface area contributed by atoms with Crippen LogP contribution in [-0.4, -0.2) is 12.9 Å². The Hall–Kier alpha value is -1.57. The molecule has 0 heterocycles. The molecule has 1 fully saturated rings. The monoisotopic (exact) mass is 254 g/mol. The first-order chi connectivity index (χ1) is 9.23. The second-order valence-corrected chi connectivity index (χ2v) is 6.21. The molecule has 98 valence electrons. The van der Waals surface area contributed by atoms with Gasteiger partial charge in [-0.25, -0.2) is 0 Å². The summed E-state index contributed by atoms with van der Waals surface area (Å²) in [7, 11) is 1.69. The van der Waals surface area contributed by atoms with Crippen LogP contribution in [0.4, 0.5) is 0 Å². The summed E-state index contributed by atoms with van der Waals surface area (Å²) in [5.41, 5.74) is 3.89. The van der Waals surface area contributed by atoms with Gasteiger partial charge in [0.2, 0.25) is 0 Å². The third-order valence-electron chi connectivity index (χ3n) is 5.37. The van der Waals surface area contributed by atoms with E-state index in [0.717, 1.165) is 37.0 Å². The van der Waals surface area contributed by atoms with E-state index in [1.165, 1.54) is 11.1 Å². The molecule has 0 radical (unpaired) electrons. The minimum absolute atomic E-state index is 0.0799. The second-order valence-electron chi connectivity index (χ2n) is 6.21. The van der Waals surface area contributed by atoms with Crippen molar-refractivity contribution in [1.82, 2.24) is 0 Å². The molecule has 2 atom stereocenters. The van der Waals surface area contributed by atoms with E-state index in [0.29, 0.717) is 18.1 Å². The number of methoxy groups -OCH3 is 1. The van der Waals surface area contributed by atoms with Crippen molar-refractivity contribution in [2.24, 2.45) is 11.3 Å². The minimum atomic E-state index is -0.0799. The molecule has 0 amide bonds. The number of allylic oxidation sites excluding steroid dienone is 2. The molecule has 2 bridgehead atoms. The van der Waals surface area contributed by atoms with Crippen LogP contribution in [0, 0.1) is 11.3 Å². The van der Waals surface area contributed by atoms with E-state index in [1.54, 1.807) is 7.11 Å². The Morgan fingerprint density at radius 2 is 2.21 bits per heavy atom. The Morgan fingerprint density at radius 3 is 2.89 bits per heavy atom. The molecule has 0 aliphatic heterocycles. The Labute approximate surface area is 113 Å². The zero-order valence-electron chi connectivity index (χ0n) is 11.2. The van der Waals surface area contributed by atoms with Crippen LogP contribution >= 0.6 is 0 Å². The first-order valence-electron chi connectivity index (χ1n) is 7.09. The van der Waals surface area contributed by atoms with Gasteiger partial charge in [-0.2, -0.15) is 0 Å². The smallest absolute Gasteiger partial charge is 0.144 e. The van der Waals surface area contributed by atoms with Crippen molar-refractivity contribution < 1.29 is 9.53 Å². The van der Waals surface area contributed by atoms with E-state index in [4.69, 9.17) is 4.74 Å². The lowest BCUT2D eigenvalue weighted by Gasteiger charge is -2.39. The van der Waals surface area contributed by atoms with Crippen LogP contribution in [0.1, 0.15) is 30.4 Å². The number of ether oxygens (including phenoxy) is 1. The number of Topliss-reactive ketones (excluding diaryl/α,β-unsaturated/α-hetero) is 1. The van der Waals surface area contributed by atoms with E-state index in [9.17, 15) is 4.79 Å². The maximum atomic E-state index is 12.8. The molecule has 2 unspecified atom stereocenters. The SMILES string of the molecule is COc1cccc2c1CC(=O)C1(CC3=CCC1C3)C2. The summed E-state index contributed by atoms with van der Waals surface area (Å²) in [4.78, 5) is 12.8. The van der Waals surface area contributed by atoms with Gasteiger partial charge in [0.25, 0.3) is 0 Å². The number of rotatable bonds is 1. The van der Waals surface area contributed by atoms with Gasteiger partial charge in [-0.05, 0) is 43.2 Å². The molecular formula is C17H18O2. The number of benzene rings is 1. The zero-order chi connectivity index (χ0) is 13.0. The predicted molar refractivity (Wildman–Crippen MR) is 73.3 cm³/mol. The molecule has 4 rings (SSSR count). The Morgan fingerprint density at radius 1 is 1.32 bits per heavy atom. The molecule has 2 nitrogen and oxygen atoms in total. The van der Waals surface area contributed by atoms with Gasteiger partial charge in [0.1, 0.15) is 11.5 Å². The topological polar surface area (TPSA) is 26.3 Å². The van der Waals surface area contributed by atoms with Crippen LogP contribution in [0.2, 0.25) is 0 Å². The summed E-state index contributed by atoms with van der Waals surface area (Å²) in [5, 5.41) is 0. The van der Waals surface area contributed by atoms with Crippen molar-refractivity contribution in [2.45, 2.75) is 32.1 Å². The van der Waals surface area contributed by atoms with Gasteiger partial charge in [0.15, 0.2) is 0 Å². The lowest BCUT2D eigenvalue weighted by Crippen LogP contribution is -2.42. The average molecular weight is 254 g/mol. The second kappa shape index (κ2) is 3.72. The standard InChI is InChI=1S/C17H18O2/c1-19-15-4-2-3-12-10-17(16(18)8-14(12)15)9-11-5-6-13(17)7-11/h2-5,13H,6-10H2,1H3. The molecule has 0 saturated heterocycles. The summed E-state index contributed by atoms with van der Waals surface area (Å²) >= 11 is 0. The lowest BCUT2D eigenvalue weighted by molar-refractivity contribution is -0.131. The molecule has 1 aromatic carbocycles. The molecule has 2 heteroatoms. The van der Waals surface area contributed by atoms with Crippen LogP contribution in [0.15, 0.2) is 29.8 Å². The first-order valence-corrected chi connectivity index (χ1v) is 7.09. The van der Waals surface area contributed by atoms with E-state index >= 15 is 0 Å². The van der Waals surface area contributed by atoms with E-state index in [2.05, 4.69) is 12.1 Å². The summed E-state index contributed by atoms with van der Waals surface area (Å²) in [5.74, 6) is 1.88. The van der Waals surface area contributed by atoms with Crippen molar-refractivity contribution in [2.75, 3.05) is 7.11 Å². The van der Waals surface area contributed by atoms with Gasteiger partial charge < -0.3 is 4.74 Å². The highest BCUT2D eigenvalue weighted by atomic mass is 16.5. The minimum Gasteiger partial charge on any atom is -0.496 e. The first kappa shape index (κ1) is 11.3. The van der Waals surface area contributed by atoms with Crippen molar-refractivity contribution in [3.63, 3.8) is 0 Å². The van der Waals surface area contributed by atoms with E-state index < -0.39 is 0 Å². The van der Waals surface area contributed by atoms with Gasteiger partial charge >= 0.3 is 0 Å². The van der Waals surface area contributed by atoms with Gasteiger partial charge in [0.05, 0.1) is 7.11 Å². The van der Waals surface area contributed by atoms with Crippen LogP contribution < -0.4 is 4.74 Å². The number of fused-ring (bicyclic) bond motifs is 4. The van der Waals surface area contributed by atoms with Crippen LogP contribution in [0.25, 0.3) is 0 Å². The normalized spacial score (nSPS) is 31.5. The van der Waals surface area contributed by atoms with Crippen molar-refractivity contribution in [3.8, 4) is 5.75 Å². The van der Waals surface area contributed by atoms with Gasteiger partial charge in [0, 0.05) is 17.4 Å². The molecular weight excluding hydrogens is 236 g/mol. The molecule has 19 heavy (non-hydrogen) atoms. The van der Waals surface area contributed by atoms with E-state index in [-0.39, 0.29) is 5.41 Å². The fourth-order valence-electron chi connectivity index (χ4n) is 4.38. The summed E-state index contributed by atoms with van der Waals surface area (Å²) in [6.07, 6.45) is 7.10. The molecule has 0 aromatic heterocycles. The largest absolute Gasteiger partial charge is 0.496 e. The molecule has 1 aromatic rings. The third kappa shape index (κ3) is 1.40. The zero-order valence-corrected chi connectivity index (χ0v) is 11.2. The Kier molecular flexibility index (Phi) is 2.21. The lowest BCUT2D eigenvalue weighted by atomic mass is 9.63. The van der Waals surface area contributed by atoms with Gasteiger partial charge in [-0.15, -0.1) is 0 Å². The fourth-order valence-corrected chi connectivity index (χ4v) is 4.38. The predicted octanol–water partition coefficient (Wildman–Crippen LogP) is 3.09. The highest BCUT2D eigenvalue weighted by molar-refractivity contribution is 5.91. The summed E-state index contributed by atoms with van der Waals surface area (Å²) < 4.78 is 5.41. The molecule has 1 spiro atoms. The molecule has 3 aliphatic carbocycles. The van der Waals surface area contributed by atoms with Crippen LogP contribution in [-0.2, 0) is 17.6 Å². The quantitative estimate of drug-likeness (QED) is 0.720. The van der Waals surface area contributed by atoms with Crippen LogP contribution in [0.5, 0.6) is 5.75 Å². The Balaban J connectivity index is 1.80. The van der Waals surface area contributed by atoms with Crippen LogP contribution in [0.3, 0.4) is 0 Å². The van der Waals surface area contributed by atoms with Crippen molar-refractivity contribution in [3.05, 3.63) is 41.0 Å². The maximum Gasteiger partial charge on any atom is 0.144 e. The van der Waals surface area contributed by atoms with Crippen molar-refractivity contribution >= 4 is 5.78 Å². The molecule has 3 aliphatic rings. The number of hydrogen-bond donors (Lipinski definition) is 0. The highest BCUT2D eigenvalue weighted by Gasteiger charge is 2.53. The Bertz CT molecular complexity index is 599. The summed E-state index contributed by atoms with van der Waals surface area (Å²) in [6, 6.07) is 6.19. The molecule has 0 N–H and O–H groups in total. The highest BCUT2D eigenvalue weighted by Crippen LogP contribution is 2.57. The maximum absolute atomic E-state index is 12.8.